The lowest BCUT2D eigenvalue weighted by Gasteiger charge is -1.97. The highest BCUT2D eigenvalue weighted by atomic mass is 35.5. The lowest BCUT2D eigenvalue weighted by molar-refractivity contribution is -0.116. The summed E-state index contributed by atoms with van der Waals surface area (Å²) >= 11 is 5.36. The second kappa shape index (κ2) is 4.64. The molecular weight excluding hydrogens is 186 g/mol. The summed E-state index contributed by atoms with van der Waals surface area (Å²) in [6.45, 7) is 0. The van der Waals surface area contributed by atoms with Gasteiger partial charge < -0.3 is 0 Å². The number of nitrogens with zero attached hydrogens (tertiary/aromatic N) is 1. The molecule has 0 aliphatic heterocycles. The van der Waals surface area contributed by atoms with E-state index >= 15 is 0 Å². The normalized spacial score (nSPS) is 9.23. The van der Waals surface area contributed by atoms with Gasteiger partial charge in [-0.3, -0.25) is 4.79 Å². The van der Waals surface area contributed by atoms with Crippen molar-refractivity contribution in [3.8, 4) is 6.07 Å². The van der Waals surface area contributed by atoms with Crippen LogP contribution in [0.1, 0.15) is 11.1 Å². The van der Waals surface area contributed by atoms with Crippen molar-refractivity contribution in [3.05, 3.63) is 35.4 Å². The highest BCUT2D eigenvalue weighted by molar-refractivity contribution is 6.27. The van der Waals surface area contributed by atoms with Gasteiger partial charge in [0.05, 0.1) is 17.5 Å². The van der Waals surface area contributed by atoms with Crippen molar-refractivity contribution in [2.24, 2.45) is 0 Å². The van der Waals surface area contributed by atoms with E-state index in [1.165, 1.54) is 0 Å². The summed E-state index contributed by atoms with van der Waals surface area (Å²) in [6, 6.07) is 8.99. The molecule has 1 aromatic carbocycles. The van der Waals surface area contributed by atoms with Crippen LogP contribution in [0.5, 0.6) is 0 Å². The number of rotatable bonds is 3. The average molecular weight is 194 g/mol. The van der Waals surface area contributed by atoms with Crippen LogP contribution in [-0.2, 0) is 11.2 Å². The first-order chi connectivity index (χ1) is 6.26. The summed E-state index contributed by atoms with van der Waals surface area (Å²) in [4.78, 5) is 11.0. The number of carbonyl (C=O) groups excluding carboxylic acids is 1. The molecule has 0 bridgehead atoms. The smallest absolute Gasteiger partial charge is 0.151 e. The molecule has 0 fully saturated rings. The number of benzene rings is 1. The first-order valence-electron chi connectivity index (χ1n) is 3.83. The molecule has 2 nitrogen and oxygen atoms in total. The Morgan fingerprint density at radius 3 is 2.92 bits per heavy atom. The predicted octanol–water partition coefficient (Wildman–Crippen LogP) is 1.91. The summed E-state index contributed by atoms with van der Waals surface area (Å²) in [5.74, 6) is -0.00620. The van der Waals surface area contributed by atoms with E-state index < -0.39 is 0 Å². The molecule has 1 rings (SSSR count). The Hall–Kier alpha value is -1.33. The Balaban J connectivity index is 2.79. The summed E-state index contributed by atoms with van der Waals surface area (Å²) in [7, 11) is 0. The van der Waals surface area contributed by atoms with Crippen LogP contribution in [0.25, 0.3) is 0 Å². The number of hydrogen-bond donors (Lipinski definition) is 0. The largest absolute Gasteiger partial charge is 0.298 e. The SMILES string of the molecule is N#Cc1cccc(CC(=O)CCl)c1. The molecule has 0 saturated heterocycles. The van der Waals surface area contributed by atoms with E-state index in [0.29, 0.717) is 12.0 Å². The Labute approximate surface area is 81.7 Å². The van der Waals surface area contributed by atoms with Crippen LogP contribution >= 0.6 is 11.6 Å². The van der Waals surface area contributed by atoms with Crippen LogP contribution in [0.4, 0.5) is 0 Å². The minimum Gasteiger partial charge on any atom is -0.298 e. The maximum absolute atomic E-state index is 11.0. The highest BCUT2D eigenvalue weighted by Crippen LogP contribution is 2.05. The zero-order valence-electron chi connectivity index (χ0n) is 6.96. The molecule has 0 atom stereocenters. The number of halogens is 1. The van der Waals surface area contributed by atoms with Gasteiger partial charge in [0.1, 0.15) is 0 Å². The Bertz CT molecular complexity index is 354. The van der Waals surface area contributed by atoms with Crippen molar-refractivity contribution in [1.29, 1.82) is 5.26 Å². The number of ketones is 1. The van der Waals surface area contributed by atoms with Gasteiger partial charge in [0, 0.05) is 6.42 Å². The summed E-state index contributed by atoms with van der Waals surface area (Å²) in [5.41, 5.74) is 1.41. The fourth-order valence-electron chi connectivity index (χ4n) is 1.03. The summed E-state index contributed by atoms with van der Waals surface area (Å²) in [5, 5.41) is 8.59. The lowest BCUT2D eigenvalue weighted by Crippen LogP contribution is -2.03. The van der Waals surface area contributed by atoms with E-state index in [1.807, 2.05) is 12.1 Å². The summed E-state index contributed by atoms with van der Waals surface area (Å²) < 4.78 is 0. The zero-order valence-corrected chi connectivity index (χ0v) is 7.71. The van der Waals surface area contributed by atoms with E-state index in [2.05, 4.69) is 0 Å². The minimum absolute atomic E-state index is 0.0246. The van der Waals surface area contributed by atoms with Crippen LogP contribution in [-0.4, -0.2) is 11.7 Å². The van der Waals surface area contributed by atoms with Gasteiger partial charge in [-0.2, -0.15) is 5.26 Å². The van der Waals surface area contributed by atoms with Gasteiger partial charge in [0.25, 0.3) is 0 Å². The van der Waals surface area contributed by atoms with Gasteiger partial charge >= 0.3 is 0 Å². The zero-order chi connectivity index (χ0) is 9.68. The van der Waals surface area contributed by atoms with Gasteiger partial charge in [0.15, 0.2) is 5.78 Å². The second-order valence-electron chi connectivity index (χ2n) is 2.66. The first-order valence-corrected chi connectivity index (χ1v) is 4.36. The number of Topliss-reactive ketones (excluding diaryl/α,β-unsaturated/α-hetero) is 1. The monoisotopic (exact) mass is 193 g/mol. The molecule has 13 heavy (non-hydrogen) atoms. The van der Waals surface area contributed by atoms with E-state index in [0.717, 1.165) is 5.56 Å². The number of alkyl halides is 1. The van der Waals surface area contributed by atoms with Crippen LogP contribution in [0, 0.1) is 11.3 Å². The molecule has 0 N–H and O–H groups in total. The van der Waals surface area contributed by atoms with Crippen LogP contribution in [0.15, 0.2) is 24.3 Å². The number of hydrogen-bond acceptors (Lipinski definition) is 2. The molecule has 0 radical (unpaired) electrons. The summed E-state index contributed by atoms with van der Waals surface area (Å²) in [6.07, 6.45) is 0.305. The fourth-order valence-corrected chi connectivity index (χ4v) is 1.12. The van der Waals surface area contributed by atoms with Crippen LogP contribution in [0.3, 0.4) is 0 Å². The van der Waals surface area contributed by atoms with Crippen molar-refractivity contribution in [3.63, 3.8) is 0 Å². The Morgan fingerprint density at radius 1 is 1.54 bits per heavy atom. The topological polar surface area (TPSA) is 40.9 Å². The van der Waals surface area contributed by atoms with Gasteiger partial charge in [-0.15, -0.1) is 11.6 Å². The number of nitriles is 1. The second-order valence-corrected chi connectivity index (χ2v) is 2.93. The molecule has 0 aliphatic carbocycles. The molecule has 0 aromatic heterocycles. The van der Waals surface area contributed by atoms with Crippen LogP contribution < -0.4 is 0 Å². The van der Waals surface area contributed by atoms with Crippen molar-refractivity contribution in [1.82, 2.24) is 0 Å². The molecule has 0 heterocycles. The van der Waals surface area contributed by atoms with Gasteiger partial charge in [0.2, 0.25) is 0 Å². The van der Waals surface area contributed by atoms with Crippen molar-refractivity contribution < 1.29 is 4.79 Å². The third kappa shape index (κ3) is 2.89. The van der Waals surface area contributed by atoms with E-state index in [4.69, 9.17) is 16.9 Å². The Morgan fingerprint density at radius 2 is 2.31 bits per heavy atom. The van der Waals surface area contributed by atoms with Crippen molar-refractivity contribution in [2.75, 3.05) is 5.88 Å². The average Bonchev–Trinajstić information content (AvgIpc) is 2.18. The van der Waals surface area contributed by atoms with Gasteiger partial charge in [-0.25, -0.2) is 0 Å². The van der Waals surface area contributed by atoms with Gasteiger partial charge in [-0.1, -0.05) is 12.1 Å². The molecule has 0 spiro atoms. The minimum atomic E-state index is -0.0308. The first kappa shape index (κ1) is 9.76. The number of carbonyl (C=O) groups is 1. The van der Waals surface area contributed by atoms with E-state index in [-0.39, 0.29) is 11.7 Å². The maximum atomic E-state index is 11.0. The van der Waals surface area contributed by atoms with E-state index in [1.54, 1.807) is 18.2 Å². The molecule has 0 unspecified atom stereocenters. The molecule has 1 aromatic rings. The molecule has 0 aliphatic rings. The maximum Gasteiger partial charge on any atom is 0.151 e. The fraction of sp³-hybridized carbons (Fsp3) is 0.200. The predicted molar refractivity (Wildman–Crippen MR) is 50.6 cm³/mol. The highest BCUT2D eigenvalue weighted by Gasteiger charge is 2.01. The quantitative estimate of drug-likeness (QED) is 0.688. The molecule has 3 heteroatoms. The lowest BCUT2D eigenvalue weighted by atomic mass is 10.1. The van der Waals surface area contributed by atoms with Crippen LogP contribution in [0.2, 0.25) is 0 Å². The standard InChI is InChI=1S/C10H8ClNO/c11-6-10(13)5-8-2-1-3-9(4-8)7-12/h1-4H,5-6H2. The third-order valence-corrected chi connectivity index (χ3v) is 1.90. The third-order valence-electron chi connectivity index (χ3n) is 1.61. The van der Waals surface area contributed by atoms with Crippen molar-refractivity contribution >= 4 is 17.4 Å². The molecule has 0 saturated carbocycles. The van der Waals surface area contributed by atoms with Crippen molar-refractivity contribution in [2.45, 2.75) is 6.42 Å². The van der Waals surface area contributed by atoms with Gasteiger partial charge in [-0.05, 0) is 17.7 Å². The Kier molecular flexibility index (Phi) is 3.48. The molecule has 66 valence electrons. The molecule has 0 amide bonds. The van der Waals surface area contributed by atoms with E-state index in [9.17, 15) is 4.79 Å². The molecular formula is C10H8ClNO.